The molecule has 0 fully saturated rings. The van der Waals surface area contributed by atoms with Gasteiger partial charge in [-0.15, -0.1) is 11.3 Å². The van der Waals surface area contributed by atoms with E-state index in [-0.39, 0.29) is 11.3 Å². The fourth-order valence-electron chi connectivity index (χ4n) is 1.50. The van der Waals surface area contributed by atoms with Crippen molar-refractivity contribution in [2.24, 2.45) is 0 Å². The topological polar surface area (TPSA) is 67.3 Å². The number of hydrogen-bond acceptors (Lipinski definition) is 4. The maximum atomic E-state index is 12.2. The van der Waals surface area contributed by atoms with Crippen molar-refractivity contribution in [1.82, 2.24) is 4.98 Å². The molecule has 1 aromatic carbocycles. The van der Waals surface area contributed by atoms with Gasteiger partial charge in [-0.25, -0.2) is 9.78 Å². The average molecular weight is 281 g/mol. The Hall–Kier alpha value is -1.53. The second-order valence-electron chi connectivity index (χ2n) is 3.67. The van der Waals surface area contributed by atoms with Gasteiger partial charge in [-0.05, 0) is 19.1 Å². The van der Waals surface area contributed by atoms with E-state index in [4.69, 9.17) is 5.11 Å². The lowest BCUT2D eigenvalue weighted by Gasteiger charge is -2.04. The highest BCUT2D eigenvalue weighted by Gasteiger charge is 2.15. The van der Waals surface area contributed by atoms with Gasteiger partial charge >= 0.3 is 5.97 Å². The molecule has 0 saturated heterocycles. The zero-order valence-corrected chi connectivity index (χ0v) is 11.3. The lowest BCUT2D eigenvalue weighted by Crippen LogP contribution is -2.05. The summed E-state index contributed by atoms with van der Waals surface area (Å²) in [7, 11) is -1.39. The normalized spacial score (nSPS) is 12.3. The molecule has 2 aromatic rings. The van der Waals surface area contributed by atoms with Crippen molar-refractivity contribution in [1.29, 1.82) is 0 Å². The van der Waals surface area contributed by atoms with Crippen LogP contribution in [0.3, 0.4) is 0 Å². The highest BCUT2D eigenvalue weighted by molar-refractivity contribution is 7.84. The maximum absolute atomic E-state index is 12.2. The van der Waals surface area contributed by atoms with Crippen LogP contribution in [-0.4, -0.2) is 20.3 Å². The predicted octanol–water partition coefficient (Wildman–Crippen LogP) is 2.46. The maximum Gasteiger partial charge on any atom is 0.336 e. The molecular weight excluding hydrogens is 270 g/mol. The molecule has 18 heavy (non-hydrogen) atoms. The first-order valence-corrected chi connectivity index (χ1v) is 7.39. The Balaban J connectivity index is 2.26. The molecule has 1 aromatic heterocycles. The number of hydrogen-bond donors (Lipinski definition) is 1. The van der Waals surface area contributed by atoms with Crippen molar-refractivity contribution in [3.05, 3.63) is 45.9 Å². The number of carbonyl (C=O) groups is 1. The summed E-state index contributed by atoms with van der Waals surface area (Å²) in [6, 6.07) is 6.35. The zero-order chi connectivity index (χ0) is 13.1. The van der Waals surface area contributed by atoms with E-state index in [9.17, 15) is 9.00 Å². The van der Waals surface area contributed by atoms with Gasteiger partial charge in [0, 0.05) is 11.1 Å². The Labute approximate surface area is 111 Å². The molecule has 1 heterocycles. The van der Waals surface area contributed by atoms with Gasteiger partial charge in [-0.3, -0.25) is 4.21 Å². The molecule has 6 heteroatoms. The van der Waals surface area contributed by atoms with Crippen LogP contribution in [0.2, 0.25) is 0 Å². The van der Waals surface area contributed by atoms with Crippen molar-refractivity contribution in [3.8, 4) is 0 Å². The minimum absolute atomic E-state index is 0.0871. The highest BCUT2D eigenvalue weighted by atomic mass is 32.2. The summed E-state index contributed by atoms with van der Waals surface area (Å²) in [6.45, 7) is 1.87. The van der Waals surface area contributed by atoms with Gasteiger partial charge in [0.1, 0.15) is 5.01 Å². The summed E-state index contributed by atoms with van der Waals surface area (Å²) in [5, 5.41) is 11.7. The molecular formula is C12H11NO3S2. The summed E-state index contributed by atoms with van der Waals surface area (Å²) < 4.78 is 12.2. The predicted molar refractivity (Wildman–Crippen MR) is 70.4 cm³/mol. The van der Waals surface area contributed by atoms with E-state index in [0.717, 1.165) is 10.7 Å². The number of benzene rings is 1. The van der Waals surface area contributed by atoms with E-state index in [0.29, 0.717) is 4.90 Å². The summed E-state index contributed by atoms with van der Waals surface area (Å²) >= 11 is 1.44. The molecule has 0 bridgehead atoms. The van der Waals surface area contributed by atoms with Crippen molar-refractivity contribution >= 4 is 28.1 Å². The van der Waals surface area contributed by atoms with Crippen LogP contribution in [0.1, 0.15) is 21.1 Å². The first-order chi connectivity index (χ1) is 8.58. The molecule has 1 unspecified atom stereocenters. The first-order valence-electron chi connectivity index (χ1n) is 5.19. The van der Waals surface area contributed by atoms with Crippen molar-refractivity contribution in [2.75, 3.05) is 0 Å². The molecule has 94 valence electrons. The zero-order valence-electron chi connectivity index (χ0n) is 9.62. The lowest BCUT2D eigenvalue weighted by molar-refractivity contribution is 0.0693. The van der Waals surface area contributed by atoms with Crippen LogP contribution in [0.25, 0.3) is 0 Å². The molecule has 0 spiro atoms. The van der Waals surface area contributed by atoms with Crippen LogP contribution in [0.15, 0.2) is 34.5 Å². The van der Waals surface area contributed by atoms with Gasteiger partial charge in [0.05, 0.1) is 27.0 Å². The third-order valence-electron chi connectivity index (χ3n) is 2.28. The SMILES string of the molecule is Cc1csc(CS(=O)c2ccccc2C(=O)O)n1. The molecule has 2 rings (SSSR count). The van der Waals surface area contributed by atoms with Crippen LogP contribution >= 0.6 is 11.3 Å². The second kappa shape index (κ2) is 5.41. The highest BCUT2D eigenvalue weighted by Crippen LogP contribution is 2.19. The minimum atomic E-state index is -1.39. The Morgan fingerprint density at radius 1 is 1.44 bits per heavy atom. The number of carboxylic acids is 1. The third-order valence-corrected chi connectivity index (χ3v) is 4.82. The first kappa shape index (κ1) is 12.9. The molecule has 0 amide bonds. The van der Waals surface area contributed by atoms with E-state index in [2.05, 4.69) is 4.98 Å². The summed E-state index contributed by atoms with van der Waals surface area (Å²) in [5.74, 6) is -0.808. The summed E-state index contributed by atoms with van der Waals surface area (Å²) in [5.41, 5.74) is 0.975. The molecule has 0 aliphatic heterocycles. The molecule has 0 radical (unpaired) electrons. The number of aromatic nitrogens is 1. The minimum Gasteiger partial charge on any atom is -0.478 e. The fraction of sp³-hybridized carbons (Fsp3) is 0.167. The number of aryl methyl sites for hydroxylation is 1. The van der Waals surface area contributed by atoms with Gasteiger partial charge in [0.15, 0.2) is 0 Å². The van der Waals surface area contributed by atoms with Gasteiger partial charge in [-0.1, -0.05) is 12.1 Å². The van der Waals surface area contributed by atoms with Crippen LogP contribution in [0.5, 0.6) is 0 Å². The molecule has 1 atom stereocenters. The van der Waals surface area contributed by atoms with Gasteiger partial charge in [0.2, 0.25) is 0 Å². The van der Waals surface area contributed by atoms with E-state index >= 15 is 0 Å². The van der Waals surface area contributed by atoms with Gasteiger partial charge in [-0.2, -0.15) is 0 Å². The van der Waals surface area contributed by atoms with E-state index in [1.165, 1.54) is 17.4 Å². The van der Waals surface area contributed by atoms with Crippen molar-refractivity contribution in [3.63, 3.8) is 0 Å². The lowest BCUT2D eigenvalue weighted by atomic mass is 10.2. The van der Waals surface area contributed by atoms with Crippen molar-refractivity contribution in [2.45, 2.75) is 17.6 Å². The smallest absolute Gasteiger partial charge is 0.336 e. The van der Waals surface area contributed by atoms with E-state index in [1.807, 2.05) is 12.3 Å². The fourth-order valence-corrected chi connectivity index (χ4v) is 3.73. The molecule has 0 aliphatic carbocycles. The number of thiazole rings is 1. The largest absolute Gasteiger partial charge is 0.478 e. The Kier molecular flexibility index (Phi) is 3.88. The van der Waals surface area contributed by atoms with Crippen LogP contribution < -0.4 is 0 Å². The monoisotopic (exact) mass is 281 g/mol. The Bertz CT molecular complexity index is 607. The van der Waals surface area contributed by atoms with E-state index < -0.39 is 16.8 Å². The van der Waals surface area contributed by atoms with Gasteiger partial charge < -0.3 is 5.11 Å². The second-order valence-corrected chi connectivity index (χ2v) is 6.04. The van der Waals surface area contributed by atoms with Crippen LogP contribution in [0, 0.1) is 6.92 Å². The standard InChI is InChI=1S/C12H11NO3S2/c1-8-6-17-11(13-8)7-18(16)10-5-3-2-4-9(10)12(14)15/h2-6H,7H2,1H3,(H,14,15). The summed E-state index contributed by atoms with van der Waals surface area (Å²) in [4.78, 5) is 15.6. The average Bonchev–Trinajstić information content (AvgIpc) is 2.74. The quantitative estimate of drug-likeness (QED) is 0.934. The van der Waals surface area contributed by atoms with Crippen LogP contribution in [-0.2, 0) is 16.6 Å². The Morgan fingerprint density at radius 2 is 2.17 bits per heavy atom. The third kappa shape index (κ3) is 2.83. The van der Waals surface area contributed by atoms with E-state index in [1.54, 1.807) is 18.2 Å². The molecule has 4 nitrogen and oxygen atoms in total. The number of rotatable bonds is 4. The van der Waals surface area contributed by atoms with Crippen LogP contribution in [0.4, 0.5) is 0 Å². The Morgan fingerprint density at radius 3 is 2.78 bits per heavy atom. The number of aromatic carboxylic acids is 1. The summed E-state index contributed by atoms with van der Waals surface area (Å²) in [6.07, 6.45) is 0. The molecule has 0 saturated carbocycles. The van der Waals surface area contributed by atoms with Gasteiger partial charge in [0.25, 0.3) is 0 Å². The molecule has 1 N–H and O–H groups in total. The molecule has 0 aliphatic rings. The number of nitrogens with zero attached hydrogens (tertiary/aromatic N) is 1. The van der Waals surface area contributed by atoms with Crippen molar-refractivity contribution < 1.29 is 14.1 Å². The number of carboxylic acid groups (broad SMARTS) is 1.